The van der Waals surface area contributed by atoms with Crippen LogP contribution in [0.15, 0.2) is 12.2 Å². The molecule has 4 atom stereocenters. The summed E-state index contributed by atoms with van der Waals surface area (Å²) >= 11 is 0. The lowest BCUT2D eigenvalue weighted by Crippen LogP contribution is -2.55. The summed E-state index contributed by atoms with van der Waals surface area (Å²) in [6, 6.07) is -0.856. The second-order valence-corrected chi connectivity index (χ2v) is 8.12. The minimum atomic E-state index is -0.810. The second kappa shape index (κ2) is 8.00. The van der Waals surface area contributed by atoms with E-state index in [0.717, 1.165) is 19.3 Å². The third-order valence-corrected chi connectivity index (χ3v) is 6.22. The summed E-state index contributed by atoms with van der Waals surface area (Å²) in [6.07, 6.45) is 7.61. The first-order chi connectivity index (χ1) is 12.9. The number of fused-ring (bicyclic) bond motifs is 2. The van der Waals surface area contributed by atoms with Gasteiger partial charge >= 0.3 is 12.0 Å². The maximum absolute atomic E-state index is 13.1. The van der Waals surface area contributed by atoms with Crippen molar-refractivity contribution in [1.29, 1.82) is 0 Å². The van der Waals surface area contributed by atoms with Gasteiger partial charge in [0.1, 0.15) is 0 Å². The van der Waals surface area contributed by atoms with E-state index >= 15 is 0 Å². The first kappa shape index (κ1) is 19.9. The number of aliphatic hydroxyl groups is 1. The first-order valence-electron chi connectivity index (χ1n) is 9.86. The maximum atomic E-state index is 13.1. The molecule has 2 heterocycles. The Morgan fingerprint density at radius 1 is 1.30 bits per heavy atom. The van der Waals surface area contributed by atoms with Crippen LogP contribution in [0.25, 0.3) is 0 Å². The summed E-state index contributed by atoms with van der Waals surface area (Å²) in [7, 11) is 3.10. The van der Waals surface area contributed by atoms with E-state index in [1.165, 1.54) is 7.11 Å². The fourth-order valence-electron chi connectivity index (χ4n) is 4.40. The molecule has 0 aromatic rings. The first-order valence-corrected chi connectivity index (χ1v) is 9.86. The minimum absolute atomic E-state index is 0.0113. The fraction of sp³-hybridized carbons (Fsp3) is 0.750. The molecule has 1 N–H and O–H groups in total. The number of rotatable bonds is 1. The zero-order valence-corrected chi connectivity index (χ0v) is 16.2. The predicted molar refractivity (Wildman–Crippen MR) is 98.9 cm³/mol. The number of hydrogen-bond donors (Lipinski definition) is 1. The number of methoxy groups -OCH3 is 1. The molecule has 3 rings (SSSR count). The number of aliphatic hydroxyl groups excluding tert-OH is 1. The van der Waals surface area contributed by atoms with Gasteiger partial charge < -0.3 is 19.6 Å². The van der Waals surface area contributed by atoms with Crippen molar-refractivity contribution in [2.24, 2.45) is 11.3 Å². The SMILES string of the molecule is COC(=O)[C@]12CC(=O)[C@@H]3C[C@H](O)CCN3C(=O)N(C)CCCC/C=C\[C@@H]1C2. The van der Waals surface area contributed by atoms with Gasteiger partial charge in [0.15, 0.2) is 5.78 Å². The number of carbonyl (C=O) groups is 3. The van der Waals surface area contributed by atoms with Crippen LogP contribution < -0.4 is 0 Å². The smallest absolute Gasteiger partial charge is 0.320 e. The van der Waals surface area contributed by atoms with Crippen molar-refractivity contribution in [3.8, 4) is 0 Å². The summed E-state index contributed by atoms with van der Waals surface area (Å²) < 4.78 is 4.98. The van der Waals surface area contributed by atoms with Crippen molar-refractivity contribution < 1.29 is 24.2 Å². The second-order valence-electron chi connectivity index (χ2n) is 8.12. The highest BCUT2D eigenvalue weighted by Crippen LogP contribution is 2.57. The quantitative estimate of drug-likeness (QED) is 0.555. The van der Waals surface area contributed by atoms with Crippen LogP contribution in [0.4, 0.5) is 4.79 Å². The molecule has 0 spiro atoms. The number of amides is 2. The van der Waals surface area contributed by atoms with Gasteiger partial charge in [0.05, 0.1) is 24.7 Å². The Morgan fingerprint density at radius 3 is 2.81 bits per heavy atom. The lowest BCUT2D eigenvalue weighted by Gasteiger charge is -2.39. The molecule has 3 aliphatic rings. The lowest BCUT2D eigenvalue weighted by molar-refractivity contribution is -0.150. The average molecular weight is 378 g/mol. The van der Waals surface area contributed by atoms with Gasteiger partial charge in [0.2, 0.25) is 0 Å². The number of esters is 1. The number of piperidine rings is 1. The molecule has 0 radical (unpaired) electrons. The summed E-state index contributed by atoms with van der Waals surface area (Å²) in [4.78, 5) is 41.6. The Bertz CT molecular complexity index is 634. The maximum Gasteiger partial charge on any atom is 0.320 e. The molecule has 150 valence electrons. The molecule has 2 amide bonds. The normalized spacial score (nSPS) is 36.3. The van der Waals surface area contributed by atoms with E-state index in [0.29, 0.717) is 25.9 Å². The van der Waals surface area contributed by atoms with Gasteiger partial charge in [-0.2, -0.15) is 0 Å². The van der Waals surface area contributed by atoms with Gasteiger partial charge in [-0.05, 0) is 38.0 Å². The largest absolute Gasteiger partial charge is 0.469 e. The third kappa shape index (κ3) is 4.03. The van der Waals surface area contributed by atoms with Crippen LogP contribution >= 0.6 is 0 Å². The Balaban J connectivity index is 1.87. The summed E-state index contributed by atoms with van der Waals surface area (Å²) in [5, 5.41) is 10.1. The predicted octanol–water partition coefficient (Wildman–Crippen LogP) is 1.74. The van der Waals surface area contributed by atoms with Crippen molar-refractivity contribution in [3.05, 3.63) is 12.2 Å². The Hall–Kier alpha value is -1.89. The van der Waals surface area contributed by atoms with Crippen molar-refractivity contribution in [1.82, 2.24) is 9.80 Å². The molecule has 0 unspecified atom stereocenters. The summed E-state index contributed by atoms with van der Waals surface area (Å²) in [6.45, 7) is 0.997. The highest BCUT2D eigenvalue weighted by Gasteiger charge is 2.61. The van der Waals surface area contributed by atoms with Crippen molar-refractivity contribution in [2.45, 2.75) is 57.1 Å². The van der Waals surface area contributed by atoms with Gasteiger partial charge in [-0.3, -0.25) is 9.59 Å². The highest BCUT2D eigenvalue weighted by atomic mass is 16.5. The minimum Gasteiger partial charge on any atom is -0.469 e. The zero-order valence-electron chi connectivity index (χ0n) is 16.2. The molecule has 7 nitrogen and oxygen atoms in total. The van der Waals surface area contributed by atoms with Crippen molar-refractivity contribution in [2.75, 3.05) is 27.2 Å². The number of ketones is 1. The molecule has 0 aromatic heterocycles. The standard InChI is InChI=1S/C20H30N2O5/c1-21-9-6-4-3-5-7-14-12-20(14,18(25)27-2)13-17(24)16-11-15(23)8-10-22(16)19(21)26/h5,7,14-16,23H,3-4,6,8-13H2,1-2H3/b7-5-/t14-,15-,16+,20-/m1/s1. The van der Waals surface area contributed by atoms with Gasteiger partial charge in [0, 0.05) is 33.0 Å². The molecule has 27 heavy (non-hydrogen) atoms. The van der Waals surface area contributed by atoms with E-state index in [4.69, 9.17) is 4.74 Å². The van der Waals surface area contributed by atoms with Gasteiger partial charge in [0.25, 0.3) is 0 Å². The van der Waals surface area contributed by atoms with Crippen LogP contribution in [0, 0.1) is 11.3 Å². The molecule has 1 saturated carbocycles. The Morgan fingerprint density at radius 2 is 2.07 bits per heavy atom. The summed E-state index contributed by atoms with van der Waals surface area (Å²) in [5.41, 5.74) is -0.810. The van der Waals surface area contributed by atoms with E-state index < -0.39 is 17.6 Å². The van der Waals surface area contributed by atoms with Crippen LogP contribution in [0.3, 0.4) is 0 Å². The lowest BCUT2D eigenvalue weighted by atomic mass is 9.88. The highest BCUT2D eigenvalue weighted by molar-refractivity contribution is 5.94. The Labute approximate surface area is 160 Å². The molecular weight excluding hydrogens is 348 g/mol. The number of ether oxygens (including phenoxy) is 1. The number of nitrogens with zero attached hydrogens (tertiary/aromatic N) is 2. The van der Waals surface area contributed by atoms with Crippen molar-refractivity contribution in [3.63, 3.8) is 0 Å². The molecule has 2 fully saturated rings. The average Bonchev–Trinajstić information content (AvgIpc) is 3.35. The van der Waals surface area contributed by atoms with Crippen LogP contribution in [-0.2, 0) is 14.3 Å². The number of Topliss-reactive ketones (excluding diaryl/α,β-unsaturated/α-hetero) is 1. The van der Waals surface area contributed by atoms with Gasteiger partial charge in [-0.1, -0.05) is 12.2 Å². The number of hydrogen-bond acceptors (Lipinski definition) is 5. The van der Waals surface area contributed by atoms with Crippen molar-refractivity contribution >= 4 is 17.8 Å². The third-order valence-electron chi connectivity index (χ3n) is 6.22. The molecule has 1 aliphatic carbocycles. The molecule has 2 aliphatic heterocycles. The van der Waals surface area contributed by atoms with Crippen LogP contribution in [0.2, 0.25) is 0 Å². The molecular formula is C20H30N2O5. The van der Waals surface area contributed by atoms with E-state index in [9.17, 15) is 19.5 Å². The Kier molecular flexibility index (Phi) is 5.89. The van der Waals surface area contributed by atoms with Gasteiger partial charge in [-0.15, -0.1) is 0 Å². The molecule has 0 bridgehead atoms. The van der Waals surface area contributed by atoms with Gasteiger partial charge in [-0.25, -0.2) is 4.79 Å². The summed E-state index contributed by atoms with van der Waals surface area (Å²) in [5.74, 6) is -0.505. The van der Waals surface area contributed by atoms with E-state index in [2.05, 4.69) is 6.08 Å². The fourth-order valence-corrected chi connectivity index (χ4v) is 4.40. The number of urea groups is 1. The van der Waals surface area contributed by atoms with Crippen LogP contribution in [0.5, 0.6) is 0 Å². The van der Waals surface area contributed by atoms with Crippen LogP contribution in [-0.4, -0.2) is 72.1 Å². The number of carbonyl (C=O) groups excluding carboxylic acids is 3. The van der Waals surface area contributed by atoms with E-state index in [1.807, 2.05) is 6.08 Å². The molecule has 1 saturated heterocycles. The van der Waals surface area contributed by atoms with Crippen LogP contribution in [0.1, 0.15) is 44.9 Å². The molecule has 0 aromatic carbocycles. The van der Waals surface area contributed by atoms with E-state index in [1.54, 1.807) is 16.8 Å². The zero-order chi connectivity index (χ0) is 19.6. The topological polar surface area (TPSA) is 87.1 Å². The van der Waals surface area contributed by atoms with E-state index in [-0.39, 0.29) is 36.5 Å². The number of allylic oxidation sites excluding steroid dienone is 2. The monoisotopic (exact) mass is 378 g/mol. The molecule has 7 heteroatoms.